The molecule has 2 aromatic carbocycles. The summed E-state index contributed by atoms with van der Waals surface area (Å²) in [7, 11) is 4.59. The maximum atomic E-state index is 13.4. The fourth-order valence-corrected chi connectivity index (χ4v) is 5.45. The molecule has 2 aromatic rings. The summed E-state index contributed by atoms with van der Waals surface area (Å²) in [4.78, 5) is 27.8. The highest BCUT2D eigenvalue weighted by Crippen LogP contribution is 2.51. The number of fused-ring (bicyclic) bond motifs is 3. The first-order chi connectivity index (χ1) is 19.3. The maximum Gasteiger partial charge on any atom is 0.247 e. The molecule has 1 aliphatic heterocycles. The highest BCUT2D eigenvalue weighted by molar-refractivity contribution is 5.96. The van der Waals surface area contributed by atoms with Crippen molar-refractivity contribution in [2.75, 3.05) is 41.0 Å². The summed E-state index contributed by atoms with van der Waals surface area (Å²) in [5.41, 5.74) is 2.25. The summed E-state index contributed by atoms with van der Waals surface area (Å²) in [6.07, 6.45) is -0.105. The van der Waals surface area contributed by atoms with Crippen LogP contribution in [0.2, 0.25) is 0 Å². The van der Waals surface area contributed by atoms with E-state index < -0.39 is 30.1 Å². The van der Waals surface area contributed by atoms with Crippen LogP contribution in [0.4, 0.5) is 0 Å². The van der Waals surface area contributed by atoms with Crippen molar-refractivity contribution in [2.45, 2.75) is 44.1 Å². The van der Waals surface area contributed by atoms with E-state index in [0.717, 1.165) is 5.56 Å². The molecule has 4 unspecified atom stereocenters. The number of hydrogen-bond acceptors (Lipinski definition) is 9. The Morgan fingerprint density at radius 1 is 1.05 bits per heavy atom. The number of carbonyl (C=O) groups is 2. The standard InChI is InChI=1S/C29H36N2O9/c1-16(34)31(9-7-18-13-19(37-2)5-6-23(18)38-3)22-14-21(29(36)30-8-10-32)25-20-11-17(15-33)12-24(39-4)27(20)40-28(25)26(22)35/h5-6,11-14,22,25-26,28,32-33,35H,7-10,15H2,1-4H3,(H,30,36). The van der Waals surface area contributed by atoms with Crippen LogP contribution in [-0.4, -0.2) is 91.3 Å². The highest BCUT2D eigenvalue weighted by Gasteiger charge is 2.51. The molecule has 0 saturated heterocycles. The molecule has 216 valence electrons. The number of hydrogen-bond donors (Lipinski definition) is 4. The van der Waals surface area contributed by atoms with Gasteiger partial charge in [0, 0.05) is 31.1 Å². The zero-order valence-electron chi connectivity index (χ0n) is 23.0. The second-order valence-corrected chi connectivity index (χ2v) is 9.66. The smallest absolute Gasteiger partial charge is 0.247 e. The van der Waals surface area contributed by atoms with Gasteiger partial charge in [0.2, 0.25) is 11.8 Å². The minimum absolute atomic E-state index is 0.0283. The molecule has 1 aliphatic carbocycles. The number of aliphatic hydroxyl groups excluding tert-OH is 3. The fraction of sp³-hybridized carbons (Fsp3) is 0.448. The predicted molar refractivity (Wildman–Crippen MR) is 145 cm³/mol. The van der Waals surface area contributed by atoms with Crippen molar-refractivity contribution in [2.24, 2.45) is 0 Å². The second kappa shape index (κ2) is 12.6. The molecule has 2 amide bonds. The van der Waals surface area contributed by atoms with Crippen LogP contribution in [0.25, 0.3) is 0 Å². The number of aliphatic hydroxyl groups is 3. The number of nitrogens with zero attached hydrogens (tertiary/aromatic N) is 1. The molecule has 2 aliphatic rings. The number of benzene rings is 2. The van der Waals surface area contributed by atoms with Gasteiger partial charge in [0.1, 0.15) is 23.7 Å². The summed E-state index contributed by atoms with van der Waals surface area (Å²) in [5, 5.41) is 33.4. The molecular weight excluding hydrogens is 520 g/mol. The van der Waals surface area contributed by atoms with E-state index in [1.165, 1.54) is 18.9 Å². The molecule has 4 rings (SSSR count). The first-order valence-electron chi connectivity index (χ1n) is 13.0. The largest absolute Gasteiger partial charge is 0.497 e. The van der Waals surface area contributed by atoms with Crippen molar-refractivity contribution in [3.05, 3.63) is 58.7 Å². The minimum Gasteiger partial charge on any atom is -0.497 e. The lowest BCUT2D eigenvalue weighted by Crippen LogP contribution is -2.55. The van der Waals surface area contributed by atoms with Crippen LogP contribution in [0.5, 0.6) is 23.0 Å². The maximum absolute atomic E-state index is 13.4. The lowest BCUT2D eigenvalue weighted by atomic mass is 9.77. The van der Waals surface area contributed by atoms with Crippen molar-refractivity contribution in [1.82, 2.24) is 10.2 Å². The van der Waals surface area contributed by atoms with E-state index in [-0.39, 0.29) is 37.8 Å². The summed E-state index contributed by atoms with van der Waals surface area (Å²) in [6, 6.07) is 7.87. The van der Waals surface area contributed by atoms with Gasteiger partial charge in [-0.05, 0) is 54.0 Å². The van der Waals surface area contributed by atoms with Crippen molar-refractivity contribution in [3.8, 4) is 23.0 Å². The molecule has 4 N–H and O–H groups in total. The fourth-order valence-electron chi connectivity index (χ4n) is 5.45. The van der Waals surface area contributed by atoms with Crippen LogP contribution in [0, 0.1) is 0 Å². The predicted octanol–water partition coefficient (Wildman–Crippen LogP) is 0.919. The number of amides is 2. The van der Waals surface area contributed by atoms with Gasteiger partial charge in [0.15, 0.2) is 11.5 Å². The van der Waals surface area contributed by atoms with E-state index in [1.54, 1.807) is 44.6 Å². The van der Waals surface area contributed by atoms with E-state index in [0.29, 0.717) is 40.5 Å². The van der Waals surface area contributed by atoms with Crippen LogP contribution in [0.3, 0.4) is 0 Å². The third-order valence-electron chi connectivity index (χ3n) is 7.37. The van der Waals surface area contributed by atoms with E-state index in [9.17, 15) is 24.9 Å². The lowest BCUT2D eigenvalue weighted by molar-refractivity contribution is -0.134. The van der Waals surface area contributed by atoms with Gasteiger partial charge in [-0.2, -0.15) is 0 Å². The Morgan fingerprint density at radius 2 is 1.80 bits per heavy atom. The van der Waals surface area contributed by atoms with Crippen molar-refractivity contribution < 1.29 is 43.9 Å². The highest BCUT2D eigenvalue weighted by atomic mass is 16.5. The summed E-state index contributed by atoms with van der Waals surface area (Å²) in [6.45, 7) is 1.14. The average molecular weight is 557 g/mol. The number of nitrogens with one attached hydrogen (secondary N) is 1. The van der Waals surface area contributed by atoms with E-state index in [2.05, 4.69) is 5.32 Å². The third-order valence-corrected chi connectivity index (χ3v) is 7.37. The Hall–Kier alpha value is -3.80. The van der Waals surface area contributed by atoms with Crippen LogP contribution >= 0.6 is 0 Å². The van der Waals surface area contributed by atoms with Gasteiger partial charge >= 0.3 is 0 Å². The third kappa shape index (κ3) is 5.58. The lowest BCUT2D eigenvalue weighted by Gasteiger charge is -2.40. The summed E-state index contributed by atoms with van der Waals surface area (Å²) >= 11 is 0. The monoisotopic (exact) mass is 556 g/mol. The summed E-state index contributed by atoms with van der Waals surface area (Å²) in [5.74, 6) is 0.563. The Balaban J connectivity index is 1.73. The topological polar surface area (TPSA) is 147 Å². The Morgan fingerprint density at radius 3 is 2.42 bits per heavy atom. The molecule has 11 nitrogen and oxygen atoms in total. The van der Waals surface area contributed by atoms with E-state index in [1.807, 2.05) is 6.07 Å². The first-order valence-corrected chi connectivity index (χ1v) is 13.0. The Bertz CT molecular complexity index is 1280. The number of ether oxygens (including phenoxy) is 4. The molecule has 0 radical (unpaired) electrons. The van der Waals surface area contributed by atoms with Crippen LogP contribution in [0.1, 0.15) is 29.5 Å². The average Bonchev–Trinajstić information content (AvgIpc) is 3.36. The second-order valence-electron chi connectivity index (χ2n) is 9.66. The Labute approximate surface area is 232 Å². The van der Waals surface area contributed by atoms with Gasteiger partial charge in [-0.15, -0.1) is 0 Å². The number of methoxy groups -OCH3 is 3. The molecule has 0 saturated carbocycles. The van der Waals surface area contributed by atoms with Crippen molar-refractivity contribution in [1.29, 1.82) is 0 Å². The molecule has 0 aromatic heterocycles. The molecule has 40 heavy (non-hydrogen) atoms. The Kier molecular flexibility index (Phi) is 9.18. The number of carbonyl (C=O) groups excluding carboxylic acids is 2. The minimum atomic E-state index is -1.19. The van der Waals surface area contributed by atoms with Crippen molar-refractivity contribution in [3.63, 3.8) is 0 Å². The SMILES string of the molecule is COc1ccc(OC)c(CCN(C(C)=O)C2C=C(C(=O)NCCO)C3c4cc(CO)cc(OC)c4OC3C2O)c1. The normalized spacial score (nSPS) is 20.9. The van der Waals surface area contributed by atoms with Crippen molar-refractivity contribution >= 4 is 11.8 Å². The molecular formula is C29H36N2O9. The van der Waals surface area contributed by atoms with Gasteiger partial charge in [-0.1, -0.05) is 0 Å². The zero-order valence-corrected chi connectivity index (χ0v) is 23.0. The molecule has 11 heteroatoms. The summed E-state index contributed by atoms with van der Waals surface area (Å²) < 4.78 is 22.5. The molecule has 0 bridgehead atoms. The van der Waals surface area contributed by atoms with E-state index >= 15 is 0 Å². The molecule has 0 spiro atoms. The van der Waals surface area contributed by atoms with Crippen LogP contribution in [-0.2, 0) is 22.6 Å². The van der Waals surface area contributed by atoms with Gasteiger partial charge in [-0.25, -0.2) is 0 Å². The van der Waals surface area contributed by atoms with Gasteiger partial charge in [-0.3, -0.25) is 9.59 Å². The van der Waals surface area contributed by atoms with Gasteiger partial charge in [0.05, 0.1) is 46.5 Å². The van der Waals surface area contributed by atoms with Gasteiger partial charge in [0.25, 0.3) is 0 Å². The van der Waals surface area contributed by atoms with Crippen LogP contribution < -0.4 is 24.3 Å². The number of rotatable bonds is 11. The molecule has 1 heterocycles. The quantitative estimate of drug-likeness (QED) is 0.317. The van der Waals surface area contributed by atoms with Crippen LogP contribution in [0.15, 0.2) is 42.0 Å². The molecule has 4 atom stereocenters. The van der Waals surface area contributed by atoms with E-state index in [4.69, 9.17) is 18.9 Å². The van der Waals surface area contributed by atoms with Gasteiger partial charge < -0.3 is 44.5 Å². The zero-order chi connectivity index (χ0) is 29.0. The molecule has 0 fully saturated rings. The first kappa shape index (κ1) is 29.2.